The molecule has 0 heterocycles. The molecule has 18 heavy (non-hydrogen) atoms. The first-order valence-corrected chi connectivity index (χ1v) is 6.83. The van der Waals surface area contributed by atoms with Crippen LogP contribution in [0, 0.1) is 0 Å². The number of anilines is 1. The third-order valence-electron chi connectivity index (χ3n) is 2.10. The lowest BCUT2D eigenvalue weighted by Gasteiger charge is -2.11. The third-order valence-corrected chi connectivity index (χ3v) is 3.17. The van der Waals surface area contributed by atoms with Gasteiger partial charge in [-0.15, -0.1) is 0 Å². The number of rotatable bonds is 6. The molecular weight excluding hydrogens is 256 g/mol. The molecule has 0 aromatic heterocycles. The van der Waals surface area contributed by atoms with Crippen molar-refractivity contribution in [2.45, 2.75) is 13.3 Å². The van der Waals surface area contributed by atoms with Crippen molar-refractivity contribution in [1.29, 1.82) is 0 Å². The van der Waals surface area contributed by atoms with E-state index in [1.54, 1.807) is 18.2 Å². The zero-order valence-electron chi connectivity index (χ0n) is 9.92. The Labute approximate surface area is 106 Å². The predicted octanol–water partition coefficient (Wildman–Crippen LogP) is 0.437. The van der Waals surface area contributed by atoms with Crippen molar-refractivity contribution >= 4 is 21.7 Å². The monoisotopic (exact) mass is 272 g/mol. The third kappa shape index (κ3) is 3.90. The van der Waals surface area contributed by atoms with E-state index in [1.807, 2.05) is 6.92 Å². The minimum absolute atomic E-state index is 0.163. The molecule has 1 rings (SSSR count). The lowest BCUT2D eigenvalue weighted by Crippen LogP contribution is -2.31. The summed E-state index contributed by atoms with van der Waals surface area (Å²) in [5, 5.41) is 11.5. The van der Waals surface area contributed by atoms with Crippen LogP contribution in [-0.4, -0.2) is 26.0 Å². The molecule has 0 aliphatic heterocycles. The molecule has 0 radical (unpaired) electrons. The van der Waals surface area contributed by atoms with Gasteiger partial charge in [-0.05, 0) is 18.6 Å². The highest BCUT2D eigenvalue weighted by Gasteiger charge is 2.13. The molecular formula is C10H16N4O3S. The highest BCUT2D eigenvalue weighted by atomic mass is 32.2. The van der Waals surface area contributed by atoms with Crippen LogP contribution in [0.4, 0.5) is 5.69 Å². The van der Waals surface area contributed by atoms with Gasteiger partial charge in [0.1, 0.15) is 0 Å². The summed E-state index contributed by atoms with van der Waals surface area (Å²) in [6.45, 7) is 2.19. The zero-order valence-corrected chi connectivity index (χ0v) is 10.7. The van der Waals surface area contributed by atoms with E-state index >= 15 is 0 Å². The van der Waals surface area contributed by atoms with Gasteiger partial charge >= 0.3 is 0 Å². The van der Waals surface area contributed by atoms with Gasteiger partial charge in [0.2, 0.25) is 0 Å². The molecule has 0 aliphatic rings. The first-order chi connectivity index (χ1) is 8.50. The van der Waals surface area contributed by atoms with Crippen molar-refractivity contribution in [2.24, 2.45) is 10.9 Å². The minimum atomic E-state index is -3.65. The second kappa shape index (κ2) is 6.22. The highest BCUT2D eigenvalue weighted by Crippen LogP contribution is 2.15. The molecule has 1 aromatic carbocycles. The second-order valence-electron chi connectivity index (χ2n) is 3.53. The molecule has 0 amide bonds. The van der Waals surface area contributed by atoms with Crippen LogP contribution in [-0.2, 0) is 10.2 Å². The van der Waals surface area contributed by atoms with E-state index < -0.39 is 10.2 Å². The van der Waals surface area contributed by atoms with Crippen LogP contribution in [0.2, 0.25) is 0 Å². The maximum Gasteiger partial charge on any atom is 0.299 e. The molecule has 0 atom stereocenters. The number of nitrogens with two attached hydrogens (primary N) is 1. The van der Waals surface area contributed by atoms with Crippen molar-refractivity contribution in [3.05, 3.63) is 29.8 Å². The molecule has 0 fully saturated rings. The minimum Gasteiger partial charge on any atom is -0.409 e. The Hall–Kier alpha value is -1.80. The molecule has 8 heteroatoms. The highest BCUT2D eigenvalue weighted by molar-refractivity contribution is 7.90. The summed E-state index contributed by atoms with van der Waals surface area (Å²) < 4.78 is 28.0. The normalized spacial score (nSPS) is 12.4. The average Bonchev–Trinajstić information content (AvgIpc) is 2.36. The zero-order chi connectivity index (χ0) is 13.6. The Balaban J connectivity index is 2.98. The van der Waals surface area contributed by atoms with E-state index in [0.29, 0.717) is 18.5 Å². The first-order valence-electron chi connectivity index (χ1n) is 5.34. The molecule has 0 spiro atoms. The number of nitrogens with zero attached hydrogens (tertiary/aromatic N) is 1. The van der Waals surface area contributed by atoms with Crippen molar-refractivity contribution in [2.75, 3.05) is 11.3 Å². The van der Waals surface area contributed by atoms with Crippen LogP contribution in [0.25, 0.3) is 0 Å². The van der Waals surface area contributed by atoms with Crippen LogP contribution in [0.5, 0.6) is 0 Å². The Morgan fingerprint density at radius 1 is 1.44 bits per heavy atom. The van der Waals surface area contributed by atoms with E-state index in [1.165, 1.54) is 6.07 Å². The standard InChI is InChI=1S/C10H16N4O3S/c1-2-7-12-18(16,17)14-9-6-4-3-5-8(9)10(11)13-15/h3-6,12,14-15H,2,7H2,1H3,(H2,11,13). The Morgan fingerprint density at radius 3 is 2.72 bits per heavy atom. The summed E-state index contributed by atoms with van der Waals surface area (Å²) in [6.07, 6.45) is 0.683. The Kier molecular flexibility index (Phi) is 4.93. The molecule has 5 N–H and O–H groups in total. The molecule has 0 bridgehead atoms. The molecule has 0 saturated carbocycles. The topological polar surface area (TPSA) is 117 Å². The van der Waals surface area contributed by atoms with Gasteiger partial charge in [0.15, 0.2) is 5.84 Å². The van der Waals surface area contributed by atoms with Crippen molar-refractivity contribution < 1.29 is 13.6 Å². The maximum absolute atomic E-state index is 11.7. The molecule has 7 nitrogen and oxygen atoms in total. The number of nitrogens with one attached hydrogen (secondary N) is 2. The number of amidine groups is 1. The lowest BCUT2D eigenvalue weighted by molar-refractivity contribution is 0.318. The van der Waals surface area contributed by atoms with E-state index in [0.717, 1.165) is 0 Å². The fraction of sp³-hybridized carbons (Fsp3) is 0.300. The predicted molar refractivity (Wildman–Crippen MR) is 69.8 cm³/mol. The van der Waals surface area contributed by atoms with Crippen LogP contribution in [0.1, 0.15) is 18.9 Å². The van der Waals surface area contributed by atoms with Gasteiger partial charge in [0.05, 0.1) is 5.69 Å². The van der Waals surface area contributed by atoms with Gasteiger partial charge < -0.3 is 10.9 Å². The summed E-state index contributed by atoms with van der Waals surface area (Å²) in [6, 6.07) is 6.38. The summed E-state index contributed by atoms with van der Waals surface area (Å²) in [4.78, 5) is 0. The SMILES string of the molecule is CCCNS(=O)(=O)Nc1ccccc1/C(N)=N/O. The fourth-order valence-electron chi connectivity index (χ4n) is 1.27. The Morgan fingerprint density at radius 2 is 2.11 bits per heavy atom. The van der Waals surface area contributed by atoms with Gasteiger partial charge in [-0.1, -0.05) is 24.2 Å². The van der Waals surface area contributed by atoms with Crippen LogP contribution >= 0.6 is 0 Å². The largest absolute Gasteiger partial charge is 0.409 e. The number of hydrogen-bond acceptors (Lipinski definition) is 4. The summed E-state index contributed by atoms with van der Waals surface area (Å²) >= 11 is 0. The van der Waals surface area contributed by atoms with E-state index in [4.69, 9.17) is 10.9 Å². The summed E-state index contributed by atoms with van der Waals surface area (Å²) in [5.41, 5.74) is 6.01. The first kappa shape index (κ1) is 14.3. The smallest absolute Gasteiger partial charge is 0.299 e. The van der Waals surface area contributed by atoms with Crippen LogP contribution in [0.3, 0.4) is 0 Å². The second-order valence-corrected chi connectivity index (χ2v) is 5.03. The molecule has 100 valence electrons. The number of benzene rings is 1. The molecule has 0 saturated heterocycles. The number of hydrogen-bond donors (Lipinski definition) is 4. The summed E-state index contributed by atoms with van der Waals surface area (Å²) in [7, 11) is -3.65. The quantitative estimate of drug-likeness (QED) is 0.260. The van der Waals surface area contributed by atoms with Gasteiger partial charge in [-0.3, -0.25) is 4.72 Å². The van der Waals surface area contributed by atoms with E-state index in [9.17, 15) is 8.42 Å². The van der Waals surface area contributed by atoms with Crippen molar-refractivity contribution in [3.8, 4) is 0 Å². The van der Waals surface area contributed by atoms with E-state index in [2.05, 4.69) is 14.6 Å². The van der Waals surface area contributed by atoms with Crippen LogP contribution < -0.4 is 15.2 Å². The molecule has 1 aromatic rings. The summed E-state index contributed by atoms with van der Waals surface area (Å²) in [5.74, 6) is -0.163. The van der Waals surface area contributed by atoms with Gasteiger partial charge in [-0.2, -0.15) is 13.1 Å². The number of para-hydroxylation sites is 1. The van der Waals surface area contributed by atoms with Gasteiger partial charge in [-0.25, -0.2) is 0 Å². The molecule has 0 aliphatic carbocycles. The lowest BCUT2D eigenvalue weighted by atomic mass is 10.2. The van der Waals surface area contributed by atoms with Gasteiger partial charge in [0, 0.05) is 12.1 Å². The van der Waals surface area contributed by atoms with Crippen molar-refractivity contribution in [1.82, 2.24) is 4.72 Å². The van der Waals surface area contributed by atoms with Gasteiger partial charge in [0.25, 0.3) is 10.2 Å². The Bertz CT molecular complexity index is 528. The maximum atomic E-state index is 11.7. The van der Waals surface area contributed by atoms with Crippen LogP contribution in [0.15, 0.2) is 29.4 Å². The molecule has 0 unspecified atom stereocenters. The average molecular weight is 272 g/mol. The fourth-order valence-corrected chi connectivity index (χ4v) is 2.28. The number of oxime groups is 1. The van der Waals surface area contributed by atoms with Crippen molar-refractivity contribution in [3.63, 3.8) is 0 Å². The van der Waals surface area contributed by atoms with E-state index in [-0.39, 0.29) is 11.5 Å².